The summed E-state index contributed by atoms with van der Waals surface area (Å²) < 4.78 is 11.8. The van der Waals surface area contributed by atoms with E-state index in [9.17, 15) is 14.9 Å². The molecule has 0 aliphatic carbocycles. The quantitative estimate of drug-likeness (QED) is 0.157. The number of nitrogens with two attached hydrogens (primary N) is 1. The predicted molar refractivity (Wildman–Crippen MR) is 140 cm³/mol. The number of ether oxygens (including phenoxy) is 2. The summed E-state index contributed by atoms with van der Waals surface area (Å²) in [4.78, 5) is 25.7. The normalized spacial score (nSPS) is 14.5. The topological polar surface area (TPSA) is 144 Å². The molecule has 4 N–H and O–H groups in total. The van der Waals surface area contributed by atoms with E-state index in [1.807, 2.05) is 30.3 Å². The van der Waals surface area contributed by atoms with Gasteiger partial charge in [0.15, 0.2) is 12.1 Å². The molecule has 0 saturated carbocycles. The highest BCUT2D eigenvalue weighted by Gasteiger charge is 2.35. The van der Waals surface area contributed by atoms with Crippen LogP contribution in [0.4, 0.5) is 11.4 Å². The minimum absolute atomic E-state index is 0.0642. The van der Waals surface area contributed by atoms with E-state index in [0.717, 1.165) is 5.56 Å². The van der Waals surface area contributed by atoms with Gasteiger partial charge in [0, 0.05) is 30.1 Å². The van der Waals surface area contributed by atoms with Crippen LogP contribution in [0.2, 0.25) is 5.02 Å². The lowest BCUT2D eigenvalue weighted by atomic mass is 10.1. The zero-order valence-electron chi connectivity index (χ0n) is 19.9. The molecule has 0 radical (unpaired) electrons. The largest absolute Gasteiger partial charge is 0.493 e. The van der Waals surface area contributed by atoms with E-state index in [-0.39, 0.29) is 37.1 Å². The maximum absolute atomic E-state index is 13.4. The molecular formula is C26H26ClN5O5. The fraction of sp³-hybridized carbons (Fsp3) is 0.231. The average Bonchev–Trinajstić information content (AvgIpc) is 2.88. The van der Waals surface area contributed by atoms with Gasteiger partial charge in [0.2, 0.25) is 0 Å². The fourth-order valence-corrected chi connectivity index (χ4v) is 4.14. The Balaban J connectivity index is 1.44. The van der Waals surface area contributed by atoms with Crippen molar-refractivity contribution < 1.29 is 19.2 Å². The van der Waals surface area contributed by atoms with Crippen LogP contribution in [0.3, 0.4) is 0 Å². The number of carbonyl (C=O) groups excluding carboxylic acids is 1. The molecule has 4 rings (SSSR count). The minimum Gasteiger partial charge on any atom is -0.493 e. The summed E-state index contributed by atoms with van der Waals surface area (Å²) in [6.45, 7) is 0.934. The third-order valence-corrected chi connectivity index (χ3v) is 6.21. The number of hydrogen-bond acceptors (Lipinski definition) is 6. The third kappa shape index (κ3) is 6.47. The zero-order valence-corrected chi connectivity index (χ0v) is 20.6. The van der Waals surface area contributed by atoms with Crippen LogP contribution in [0.1, 0.15) is 17.5 Å². The summed E-state index contributed by atoms with van der Waals surface area (Å²) in [7, 11) is 0. The van der Waals surface area contributed by atoms with Gasteiger partial charge in [-0.15, -0.1) is 0 Å². The van der Waals surface area contributed by atoms with Crippen LogP contribution >= 0.6 is 11.6 Å². The number of nitrogens with one attached hydrogen (secondary N) is 2. The van der Waals surface area contributed by atoms with Crippen molar-refractivity contribution in [3.05, 3.63) is 93.0 Å². The van der Waals surface area contributed by atoms with Crippen LogP contribution in [0.5, 0.6) is 11.5 Å². The first kappa shape index (κ1) is 25.8. The van der Waals surface area contributed by atoms with Crippen LogP contribution < -0.4 is 25.4 Å². The van der Waals surface area contributed by atoms with Gasteiger partial charge in [0.25, 0.3) is 11.6 Å². The number of rotatable bonds is 10. The second kappa shape index (κ2) is 11.6. The van der Waals surface area contributed by atoms with Crippen LogP contribution in [0, 0.1) is 15.5 Å². The van der Waals surface area contributed by atoms with Crippen molar-refractivity contribution in [3.8, 4) is 11.5 Å². The van der Waals surface area contributed by atoms with E-state index in [4.69, 9.17) is 32.2 Å². The molecule has 1 aliphatic rings. The second-order valence-electron chi connectivity index (χ2n) is 8.40. The third-order valence-electron chi connectivity index (χ3n) is 5.84. The number of nitro groups is 1. The molecule has 3 aromatic rings. The predicted octanol–water partition coefficient (Wildman–Crippen LogP) is 4.04. The number of anilines is 1. The lowest BCUT2D eigenvalue weighted by Gasteiger charge is -2.34. The number of carbonyl (C=O) groups is 1. The number of hydrogen-bond donors (Lipinski definition) is 3. The molecule has 0 aromatic heterocycles. The molecule has 1 heterocycles. The van der Waals surface area contributed by atoms with Crippen molar-refractivity contribution >= 4 is 34.8 Å². The molecule has 11 heteroatoms. The maximum atomic E-state index is 13.4. The van der Waals surface area contributed by atoms with Crippen molar-refractivity contribution in [2.75, 3.05) is 18.1 Å². The molecule has 1 amide bonds. The van der Waals surface area contributed by atoms with Gasteiger partial charge in [-0.05, 0) is 41.8 Å². The Labute approximate surface area is 218 Å². The van der Waals surface area contributed by atoms with Gasteiger partial charge in [0.1, 0.15) is 11.5 Å². The van der Waals surface area contributed by atoms with E-state index < -0.39 is 11.0 Å². The maximum Gasteiger partial charge on any atom is 0.271 e. The minimum atomic E-state index is -0.826. The number of benzene rings is 3. The fourth-order valence-electron chi connectivity index (χ4n) is 3.95. The number of amides is 1. The monoisotopic (exact) mass is 523 g/mol. The average molecular weight is 524 g/mol. The number of nitro benzene ring substituents is 1. The number of guanidine groups is 1. The smallest absolute Gasteiger partial charge is 0.271 e. The molecule has 192 valence electrons. The molecule has 10 nitrogen and oxygen atoms in total. The van der Waals surface area contributed by atoms with Crippen LogP contribution in [-0.4, -0.2) is 36.0 Å². The van der Waals surface area contributed by atoms with E-state index in [2.05, 4.69) is 5.32 Å². The van der Waals surface area contributed by atoms with Crippen molar-refractivity contribution in [3.63, 3.8) is 0 Å². The highest BCUT2D eigenvalue weighted by atomic mass is 35.5. The van der Waals surface area contributed by atoms with Gasteiger partial charge >= 0.3 is 0 Å². The van der Waals surface area contributed by atoms with E-state index in [1.54, 1.807) is 18.2 Å². The van der Waals surface area contributed by atoms with Crippen molar-refractivity contribution in [2.45, 2.75) is 25.5 Å². The Morgan fingerprint density at radius 3 is 2.65 bits per heavy atom. The molecule has 0 saturated heterocycles. The van der Waals surface area contributed by atoms with Gasteiger partial charge in [-0.2, -0.15) is 0 Å². The molecule has 1 atom stereocenters. The number of halogens is 1. The molecule has 3 aromatic carbocycles. The molecular weight excluding hydrogens is 498 g/mol. The SMILES string of the molecule is N=C(N)NCCc1ccc(OCCC2Oc3ccc([N+](=O)[O-])cc3N(Cc3ccccc3Cl)C2=O)cc1. The Morgan fingerprint density at radius 2 is 1.95 bits per heavy atom. The summed E-state index contributed by atoms with van der Waals surface area (Å²) in [5.41, 5.74) is 7.25. The Kier molecular flexibility index (Phi) is 8.09. The summed E-state index contributed by atoms with van der Waals surface area (Å²) >= 11 is 6.32. The number of non-ortho nitro benzene ring substituents is 1. The second-order valence-corrected chi connectivity index (χ2v) is 8.81. The van der Waals surface area contributed by atoms with Crippen LogP contribution in [-0.2, 0) is 17.8 Å². The van der Waals surface area contributed by atoms with E-state index in [0.29, 0.717) is 40.7 Å². The molecule has 0 bridgehead atoms. The van der Waals surface area contributed by atoms with Gasteiger partial charge < -0.3 is 25.4 Å². The molecule has 1 unspecified atom stereocenters. The van der Waals surface area contributed by atoms with Crippen molar-refractivity contribution in [1.82, 2.24) is 5.32 Å². The van der Waals surface area contributed by atoms with E-state index >= 15 is 0 Å². The first-order valence-corrected chi connectivity index (χ1v) is 12.0. The standard InChI is InChI=1S/C26H26ClN5O5/c27-21-4-2-1-3-18(21)16-31-22-15-19(32(34)35)7-10-23(22)37-24(25(31)33)12-14-36-20-8-5-17(6-9-20)11-13-30-26(28)29/h1-10,15,24H,11-14,16H2,(H4,28,29,30). The van der Waals surface area contributed by atoms with E-state index in [1.165, 1.54) is 23.1 Å². The van der Waals surface area contributed by atoms with Gasteiger partial charge in [-0.1, -0.05) is 41.9 Å². The first-order chi connectivity index (χ1) is 17.8. The van der Waals surface area contributed by atoms with Crippen molar-refractivity contribution in [2.24, 2.45) is 5.73 Å². The lowest BCUT2D eigenvalue weighted by molar-refractivity contribution is -0.384. The first-order valence-electron chi connectivity index (χ1n) is 11.6. The highest BCUT2D eigenvalue weighted by Crippen LogP contribution is 2.39. The van der Waals surface area contributed by atoms with Crippen LogP contribution in [0.25, 0.3) is 0 Å². The Morgan fingerprint density at radius 1 is 1.19 bits per heavy atom. The zero-order chi connectivity index (χ0) is 26.4. The van der Waals surface area contributed by atoms with Gasteiger partial charge in [0.05, 0.1) is 23.8 Å². The Hall–Kier alpha value is -4.31. The summed E-state index contributed by atoms with van der Waals surface area (Å²) in [5.74, 6) is 0.636. The number of nitrogens with zero attached hydrogens (tertiary/aromatic N) is 2. The van der Waals surface area contributed by atoms with Gasteiger partial charge in [-0.25, -0.2) is 0 Å². The molecule has 1 aliphatic heterocycles. The molecule has 0 fully saturated rings. The Bertz CT molecular complexity index is 1300. The summed E-state index contributed by atoms with van der Waals surface area (Å²) in [6, 6.07) is 18.9. The molecule has 37 heavy (non-hydrogen) atoms. The lowest BCUT2D eigenvalue weighted by Crippen LogP contribution is -2.46. The van der Waals surface area contributed by atoms with Gasteiger partial charge in [-0.3, -0.25) is 20.3 Å². The number of fused-ring (bicyclic) bond motifs is 1. The van der Waals surface area contributed by atoms with Crippen molar-refractivity contribution in [1.29, 1.82) is 5.41 Å². The summed E-state index contributed by atoms with van der Waals surface area (Å²) in [6.07, 6.45) is 0.162. The van der Waals surface area contributed by atoms with Crippen LogP contribution in [0.15, 0.2) is 66.7 Å². The summed E-state index contributed by atoms with van der Waals surface area (Å²) in [5, 5.41) is 21.8. The highest BCUT2D eigenvalue weighted by molar-refractivity contribution is 6.31. The molecule has 0 spiro atoms.